The van der Waals surface area contributed by atoms with Crippen LogP contribution in [0, 0.1) is 6.92 Å². The Kier molecular flexibility index (Phi) is 6.46. The zero-order valence-corrected chi connectivity index (χ0v) is 10.3. The predicted molar refractivity (Wildman–Crippen MR) is 62.9 cm³/mol. The van der Waals surface area contributed by atoms with Crippen LogP contribution in [0.2, 0.25) is 0 Å². The van der Waals surface area contributed by atoms with Crippen molar-refractivity contribution in [2.24, 2.45) is 5.73 Å². The Balaban J connectivity index is 2.28. The summed E-state index contributed by atoms with van der Waals surface area (Å²) >= 11 is 0. The molecule has 0 atom stereocenters. The smallest absolute Gasteiger partial charge is 0.316 e. The van der Waals surface area contributed by atoms with Crippen LogP contribution >= 0.6 is 0 Å². The molecule has 1 aromatic heterocycles. The monoisotopic (exact) mass is 241 g/mol. The van der Waals surface area contributed by atoms with Crippen LogP contribution in [0.1, 0.15) is 11.4 Å². The van der Waals surface area contributed by atoms with Gasteiger partial charge in [0.15, 0.2) is 0 Å². The number of aromatic nitrogens is 2. The molecular formula is C11H19N3O3. The van der Waals surface area contributed by atoms with Gasteiger partial charge in [-0.15, -0.1) is 0 Å². The second-order valence-corrected chi connectivity index (χ2v) is 3.44. The van der Waals surface area contributed by atoms with Crippen LogP contribution in [0.4, 0.5) is 0 Å². The molecule has 6 nitrogen and oxygen atoms in total. The lowest BCUT2D eigenvalue weighted by Gasteiger charge is -2.07. The molecule has 17 heavy (non-hydrogen) atoms. The molecule has 0 fully saturated rings. The van der Waals surface area contributed by atoms with E-state index in [1.165, 1.54) is 0 Å². The third-order valence-corrected chi connectivity index (χ3v) is 1.99. The van der Waals surface area contributed by atoms with Gasteiger partial charge in [-0.25, -0.2) is 4.98 Å². The largest absolute Gasteiger partial charge is 0.461 e. The predicted octanol–water partition coefficient (Wildman–Crippen LogP) is 0.286. The second kappa shape index (κ2) is 7.94. The average Bonchev–Trinajstić information content (AvgIpc) is 2.33. The number of nitrogens with two attached hydrogens (primary N) is 1. The summed E-state index contributed by atoms with van der Waals surface area (Å²) in [5.41, 5.74) is 7.13. The van der Waals surface area contributed by atoms with E-state index in [1.54, 1.807) is 7.11 Å². The summed E-state index contributed by atoms with van der Waals surface area (Å²) < 4.78 is 15.5. The molecule has 0 aliphatic heterocycles. The van der Waals surface area contributed by atoms with Gasteiger partial charge in [0.25, 0.3) is 0 Å². The molecule has 1 rings (SSSR count). The van der Waals surface area contributed by atoms with Crippen LogP contribution in [-0.2, 0) is 16.0 Å². The van der Waals surface area contributed by atoms with E-state index in [0.717, 1.165) is 11.4 Å². The highest BCUT2D eigenvalue weighted by Crippen LogP contribution is 2.06. The summed E-state index contributed by atoms with van der Waals surface area (Å²) in [5.74, 6) is 0. The third-order valence-electron chi connectivity index (χ3n) is 1.99. The molecule has 0 saturated heterocycles. The molecule has 96 valence electrons. The molecule has 2 N–H and O–H groups in total. The standard InChI is InChI=1S/C11H19N3O3/c1-9-7-10(8-12)14-11(13-9)17-6-5-16-4-3-15-2/h7H,3-6,8,12H2,1-2H3. The van der Waals surface area contributed by atoms with Crippen molar-refractivity contribution in [3.8, 4) is 6.01 Å². The van der Waals surface area contributed by atoms with E-state index in [9.17, 15) is 0 Å². The van der Waals surface area contributed by atoms with Crippen molar-refractivity contribution in [1.82, 2.24) is 9.97 Å². The lowest BCUT2D eigenvalue weighted by molar-refractivity contribution is 0.0527. The van der Waals surface area contributed by atoms with Crippen molar-refractivity contribution in [2.75, 3.05) is 33.5 Å². The first-order valence-electron chi connectivity index (χ1n) is 5.50. The molecule has 1 aromatic rings. The van der Waals surface area contributed by atoms with Gasteiger partial charge >= 0.3 is 6.01 Å². The number of ether oxygens (including phenoxy) is 3. The Hall–Kier alpha value is -1.24. The normalized spacial score (nSPS) is 10.5. The summed E-state index contributed by atoms with van der Waals surface area (Å²) in [6, 6.07) is 2.18. The first-order chi connectivity index (χ1) is 8.26. The van der Waals surface area contributed by atoms with Crippen molar-refractivity contribution in [3.05, 3.63) is 17.5 Å². The second-order valence-electron chi connectivity index (χ2n) is 3.44. The summed E-state index contributed by atoms with van der Waals surface area (Å²) in [6.07, 6.45) is 0. The molecular weight excluding hydrogens is 222 g/mol. The minimum atomic E-state index is 0.348. The first-order valence-corrected chi connectivity index (χ1v) is 5.50. The van der Waals surface area contributed by atoms with Crippen LogP contribution in [0.5, 0.6) is 6.01 Å². The Morgan fingerprint density at radius 3 is 2.65 bits per heavy atom. The molecule has 0 amide bonds. The summed E-state index contributed by atoms with van der Waals surface area (Å²) in [4.78, 5) is 8.29. The van der Waals surface area contributed by atoms with E-state index < -0.39 is 0 Å². The maximum Gasteiger partial charge on any atom is 0.316 e. The van der Waals surface area contributed by atoms with Gasteiger partial charge in [0, 0.05) is 19.3 Å². The Labute approximate surface area is 101 Å². The van der Waals surface area contributed by atoms with Crippen molar-refractivity contribution < 1.29 is 14.2 Å². The zero-order valence-electron chi connectivity index (χ0n) is 10.3. The van der Waals surface area contributed by atoms with E-state index in [0.29, 0.717) is 39.0 Å². The first kappa shape index (κ1) is 13.8. The van der Waals surface area contributed by atoms with Crippen molar-refractivity contribution in [2.45, 2.75) is 13.5 Å². The number of methoxy groups -OCH3 is 1. The number of rotatable bonds is 8. The number of hydrogen-bond acceptors (Lipinski definition) is 6. The highest BCUT2D eigenvalue weighted by molar-refractivity contribution is 5.12. The molecule has 0 aliphatic rings. The highest BCUT2D eigenvalue weighted by Gasteiger charge is 2.01. The Bertz CT molecular complexity index is 334. The number of hydrogen-bond donors (Lipinski definition) is 1. The van der Waals surface area contributed by atoms with Crippen LogP contribution in [0.15, 0.2) is 6.07 Å². The van der Waals surface area contributed by atoms with Gasteiger partial charge in [-0.3, -0.25) is 0 Å². The molecule has 6 heteroatoms. The topological polar surface area (TPSA) is 79.5 Å². The Morgan fingerprint density at radius 1 is 1.18 bits per heavy atom. The number of aryl methyl sites for hydroxylation is 1. The van der Waals surface area contributed by atoms with Crippen molar-refractivity contribution in [3.63, 3.8) is 0 Å². The molecule has 0 radical (unpaired) electrons. The SMILES string of the molecule is COCCOCCOc1nc(C)cc(CN)n1. The fourth-order valence-electron chi connectivity index (χ4n) is 1.21. The lowest BCUT2D eigenvalue weighted by atomic mass is 10.3. The maximum atomic E-state index is 5.51. The fraction of sp³-hybridized carbons (Fsp3) is 0.636. The summed E-state index contributed by atoms with van der Waals surface area (Å²) in [5, 5.41) is 0. The summed E-state index contributed by atoms with van der Waals surface area (Å²) in [7, 11) is 1.63. The van der Waals surface area contributed by atoms with Gasteiger partial charge in [-0.1, -0.05) is 0 Å². The molecule has 0 aliphatic carbocycles. The minimum Gasteiger partial charge on any atom is -0.461 e. The van der Waals surface area contributed by atoms with E-state index in [1.807, 2.05) is 13.0 Å². The van der Waals surface area contributed by atoms with Gasteiger partial charge in [0.2, 0.25) is 0 Å². The van der Waals surface area contributed by atoms with Crippen LogP contribution < -0.4 is 10.5 Å². The molecule has 0 saturated carbocycles. The van der Waals surface area contributed by atoms with Crippen LogP contribution in [0.3, 0.4) is 0 Å². The molecule has 0 spiro atoms. The maximum absolute atomic E-state index is 5.51. The van der Waals surface area contributed by atoms with E-state index >= 15 is 0 Å². The van der Waals surface area contributed by atoms with Crippen molar-refractivity contribution >= 4 is 0 Å². The molecule has 1 heterocycles. The van der Waals surface area contributed by atoms with Gasteiger partial charge in [0.05, 0.1) is 25.5 Å². The molecule has 0 unspecified atom stereocenters. The fourth-order valence-corrected chi connectivity index (χ4v) is 1.21. The van der Waals surface area contributed by atoms with Gasteiger partial charge in [-0.2, -0.15) is 4.98 Å². The van der Waals surface area contributed by atoms with Gasteiger partial charge in [0.1, 0.15) is 6.61 Å². The van der Waals surface area contributed by atoms with Gasteiger partial charge in [-0.05, 0) is 13.0 Å². The average molecular weight is 241 g/mol. The van der Waals surface area contributed by atoms with Crippen LogP contribution in [-0.4, -0.2) is 43.5 Å². The third kappa shape index (κ3) is 5.58. The van der Waals surface area contributed by atoms with E-state index in [2.05, 4.69) is 9.97 Å². The number of nitrogens with zero attached hydrogens (tertiary/aromatic N) is 2. The zero-order chi connectivity index (χ0) is 12.5. The van der Waals surface area contributed by atoms with Crippen molar-refractivity contribution in [1.29, 1.82) is 0 Å². The molecule has 0 aromatic carbocycles. The highest BCUT2D eigenvalue weighted by atomic mass is 16.5. The van der Waals surface area contributed by atoms with E-state index in [-0.39, 0.29) is 0 Å². The quantitative estimate of drug-likeness (QED) is 0.659. The minimum absolute atomic E-state index is 0.348. The van der Waals surface area contributed by atoms with Crippen LogP contribution in [0.25, 0.3) is 0 Å². The lowest BCUT2D eigenvalue weighted by Crippen LogP contribution is -2.12. The molecule has 0 bridgehead atoms. The van der Waals surface area contributed by atoms with Gasteiger partial charge < -0.3 is 19.9 Å². The Morgan fingerprint density at radius 2 is 1.94 bits per heavy atom. The van der Waals surface area contributed by atoms with E-state index in [4.69, 9.17) is 19.9 Å². The summed E-state index contributed by atoms with van der Waals surface area (Å²) in [6.45, 7) is 4.30.